The van der Waals surface area contributed by atoms with Crippen LogP contribution in [0.2, 0.25) is 5.02 Å². The van der Waals surface area contributed by atoms with Crippen molar-refractivity contribution >= 4 is 52.9 Å². The van der Waals surface area contributed by atoms with Crippen LogP contribution in [0.4, 0.5) is 5.69 Å². The van der Waals surface area contributed by atoms with Gasteiger partial charge in [-0.2, -0.15) is 0 Å². The van der Waals surface area contributed by atoms with Crippen LogP contribution in [0.25, 0.3) is 22.8 Å². The van der Waals surface area contributed by atoms with Gasteiger partial charge in [0.25, 0.3) is 0 Å². The van der Waals surface area contributed by atoms with Crippen molar-refractivity contribution in [2.24, 2.45) is 0 Å². The van der Waals surface area contributed by atoms with Crippen molar-refractivity contribution in [2.45, 2.75) is 0 Å². The van der Waals surface area contributed by atoms with E-state index in [1.54, 1.807) is 0 Å². The lowest BCUT2D eigenvalue weighted by Crippen LogP contribution is -1.89. The number of hydrogen-bond acceptors (Lipinski definition) is 1. The van der Waals surface area contributed by atoms with E-state index in [1.807, 2.05) is 19.2 Å². The van der Waals surface area contributed by atoms with Crippen molar-refractivity contribution in [1.82, 2.24) is 0 Å². The molecule has 3 heteroatoms. The Kier molecular flexibility index (Phi) is 4.97. The van der Waals surface area contributed by atoms with Gasteiger partial charge in [-0.25, -0.2) is 0 Å². The van der Waals surface area contributed by atoms with Crippen molar-refractivity contribution in [3.63, 3.8) is 0 Å². The second-order valence-corrected chi connectivity index (χ2v) is 6.10. The maximum atomic E-state index is 6.00. The summed E-state index contributed by atoms with van der Waals surface area (Å²) in [5.74, 6) is 0. The lowest BCUT2D eigenvalue weighted by molar-refractivity contribution is 1.50. The van der Waals surface area contributed by atoms with Crippen LogP contribution in [-0.2, 0) is 0 Å². The molecule has 1 nitrogen and oxygen atoms in total. The summed E-state index contributed by atoms with van der Waals surface area (Å²) in [6.45, 7) is 0. The number of rotatable bonds is 2. The molecule has 3 aromatic rings. The molecule has 1 aliphatic carbocycles. The van der Waals surface area contributed by atoms with E-state index in [0.717, 1.165) is 16.3 Å². The van der Waals surface area contributed by atoms with E-state index in [9.17, 15) is 0 Å². The molecule has 1 N–H and O–H groups in total. The Bertz CT molecular complexity index is 913. The fraction of sp³-hybridized carbons (Fsp3) is 0.0476. The predicted molar refractivity (Wildman–Crippen MR) is 115 cm³/mol. The Morgan fingerprint density at radius 3 is 2.17 bits per heavy atom. The molecule has 0 unspecified atom stereocenters. The summed E-state index contributed by atoms with van der Waals surface area (Å²) >= 11 is 6.00. The highest BCUT2D eigenvalue weighted by Crippen LogP contribution is 2.45. The van der Waals surface area contributed by atoms with Gasteiger partial charge in [0.05, 0.1) is 0 Å². The van der Waals surface area contributed by atoms with Gasteiger partial charge in [-0.1, -0.05) is 54.1 Å². The van der Waals surface area contributed by atoms with Crippen LogP contribution in [0.1, 0.15) is 16.7 Å². The first-order chi connectivity index (χ1) is 11.3. The molecule has 3 aromatic carbocycles. The fourth-order valence-corrected chi connectivity index (χ4v) is 3.26. The number of halogens is 2. The predicted octanol–water partition coefficient (Wildman–Crippen LogP) is 6.57. The smallest absolute Gasteiger partial charge is 0.0406 e. The number of hydrogen-bond donors (Lipinski definition) is 1. The number of nitrogens with one attached hydrogen (secondary N) is 1. The van der Waals surface area contributed by atoms with Crippen LogP contribution in [0.15, 0.2) is 66.7 Å². The van der Waals surface area contributed by atoms with Crippen LogP contribution in [0.5, 0.6) is 0 Å². The number of anilines is 1. The van der Waals surface area contributed by atoms with Gasteiger partial charge in [0.2, 0.25) is 0 Å². The first-order valence-corrected chi connectivity index (χ1v) is 8.03. The van der Waals surface area contributed by atoms with Crippen LogP contribution in [-0.4, -0.2) is 7.05 Å². The Hall–Kier alpha value is -1.78. The molecule has 0 bridgehead atoms. The molecular formula is C21H17ClIN. The van der Waals surface area contributed by atoms with Gasteiger partial charge in [-0.3, -0.25) is 0 Å². The van der Waals surface area contributed by atoms with E-state index >= 15 is 0 Å². The summed E-state index contributed by atoms with van der Waals surface area (Å²) < 4.78 is 0. The number of fused-ring (bicyclic) bond motifs is 3. The zero-order valence-electron chi connectivity index (χ0n) is 13.2. The van der Waals surface area contributed by atoms with Gasteiger partial charge >= 0.3 is 0 Å². The molecule has 0 spiro atoms. The molecule has 4 rings (SSSR count). The largest absolute Gasteiger partial charge is 0.388 e. The second kappa shape index (κ2) is 6.99. The standard InChI is InChI=1S/C21H16ClN.HI/c1-23-16-10-11-19-17-4-2-3-5-18(17)20(21(19)13-16)12-14-6-8-15(22)9-7-14;/h2-13,23H,1H3;1H/b20-12+;. The van der Waals surface area contributed by atoms with Gasteiger partial charge < -0.3 is 5.32 Å². The minimum Gasteiger partial charge on any atom is -0.388 e. The summed E-state index contributed by atoms with van der Waals surface area (Å²) in [7, 11) is 1.95. The summed E-state index contributed by atoms with van der Waals surface area (Å²) in [6.07, 6.45) is 2.24. The van der Waals surface area contributed by atoms with Crippen LogP contribution in [0, 0.1) is 0 Å². The Morgan fingerprint density at radius 2 is 1.46 bits per heavy atom. The third-order valence-electron chi connectivity index (χ3n) is 4.29. The van der Waals surface area contributed by atoms with E-state index in [2.05, 4.69) is 66.0 Å². The van der Waals surface area contributed by atoms with Crippen LogP contribution < -0.4 is 5.32 Å². The Labute approximate surface area is 164 Å². The Morgan fingerprint density at radius 1 is 0.792 bits per heavy atom. The van der Waals surface area contributed by atoms with E-state index in [-0.39, 0.29) is 24.0 Å². The van der Waals surface area contributed by atoms with E-state index in [0.29, 0.717) is 0 Å². The highest BCUT2D eigenvalue weighted by Gasteiger charge is 2.23. The van der Waals surface area contributed by atoms with E-state index in [4.69, 9.17) is 11.6 Å². The summed E-state index contributed by atoms with van der Waals surface area (Å²) in [5.41, 5.74) is 8.68. The first kappa shape index (κ1) is 17.1. The Balaban J connectivity index is 0.00000169. The molecule has 0 saturated carbocycles. The van der Waals surface area contributed by atoms with Gasteiger partial charge in [0, 0.05) is 17.8 Å². The molecule has 0 fully saturated rings. The molecule has 24 heavy (non-hydrogen) atoms. The zero-order valence-corrected chi connectivity index (χ0v) is 16.3. The summed E-state index contributed by atoms with van der Waals surface area (Å²) in [6, 6.07) is 23.1. The van der Waals surface area contributed by atoms with Crippen molar-refractivity contribution < 1.29 is 0 Å². The molecule has 0 amide bonds. The highest BCUT2D eigenvalue weighted by atomic mass is 127. The molecule has 0 atom stereocenters. The molecule has 0 saturated heterocycles. The van der Waals surface area contributed by atoms with Crippen molar-refractivity contribution in [1.29, 1.82) is 0 Å². The quantitative estimate of drug-likeness (QED) is 0.344. The van der Waals surface area contributed by atoms with E-state index < -0.39 is 0 Å². The molecule has 0 aromatic heterocycles. The SMILES string of the molecule is CNc1ccc2c(c1)/C(=C/c1ccc(Cl)cc1)c1ccccc1-2.I. The van der Waals surface area contributed by atoms with Gasteiger partial charge in [0.15, 0.2) is 0 Å². The topological polar surface area (TPSA) is 12.0 Å². The lowest BCUT2D eigenvalue weighted by Gasteiger charge is -2.06. The van der Waals surface area contributed by atoms with Crippen LogP contribution >= 0.6 is 35.6 Å². The molecule has 120 valence electrons. The van der Waals surface area contributed by atoms with Crippen molar-refractivity contribution in [2.75, 3.05) is 12.4 Å². The molecule has 0 radical (unpaired) electrons. The average molecular weight is 446 g/mol. The van der Waals surface area contributed by atoms with Gasteiger partial charge in [0.1, 0.15) is 0 Å². The third kappa shape index (κ3) is 2.96. The second-order valence-electron chi connectivity index (χ2n) is 5.67. The minimum atomic E-state index is 0. The highest BCUT2D eigenvalue weighted by molar-refractivity contribution is 14.0. The lowest BCUT2D eigenvalue weighted by atomic mass is 10.0. The average Bonchev–Trinajstić information content (AvgIpc) is 2.90. The molecule has 0 aliphatic heterocycles. The molecule has 1 aliphatic rings. The number of benzene rings is 3. The minimum absolute atomic E-state index is 0. The normalized spacial score (nSPS) is 13.2. The monoisotopic (exact) mass is 445 g/mol. The molecular weight excluding hydrogens is 429 g/mol. The fourth-order valence-electron chi connectivity index (χ4n) is 3.14. The maximum absolute atomic E-state index is 6.00. The zero-order chi connectivity index (χ0) is 15.8. The van der Waals surface area contributed by atoms with Crippen LogP contribution in [0.3, 0.4) is 0 Å². The summed E-state index contributed by atoms with van der Waals surface area (Å²) in [4.78, 5) is 0. The van der Waals surface area contributed by atoms with Gasteiger partial charge in [-0.15, -0.1) is 24.0 Å². The van der Waals surface area contributed by atoms with Crippen molar-refractivity contribution in [3.05, 3.63) is 88.4 Å². The van der Waals surface area contributed by atoms with Gasteiger partial charge in [-0.05, 0) is 63.7 Å². The summed E-state index contributed by atoms with van der Waals surface area (Å²) in [5, 5.41) is 3.99. The third-order valence-corrected chi connectivity index (χ3v) is 4.54. The van der Waals surface area contributed by atoms with Crippen molar-refractivity contribution in [3.8, 4) is 11.1 Å². The first-order valence-electron chi connectivity index (χ1n) is 7.65. The van der Waals surface area contributed by atoms with E-state index in [1.165, 1.54) is 27.8 Å². The molecule has 0 heterocycles. The maximum Gasteiger partial charge on any atom is 0.0406 e.